The van der Waals surface area contributed by atoms with Crippen LogP contribution >= 0.6 is 0 Å². The van der Waals surface area contributed by atoms with Gasteiger partial charge >= 0.3 is 0 Å². The van der Waals surface area contributed by atoms with Crippen LogP contribution in [-0.4, -0.2) is 12.5 Å². The average Bonchev–Trinajstić information content (AvgIpc) is 2.25. The summed E-state index contributed by atoms with van der Waals surface area (Å²) in [4.78, 5) is 11.5. The van der Waals surface area contributed by atoms with Crippen molar-refractivity contribution in [2.75, 3.05) is 6.54 Å². The lowest BCUT2D eigenvalue weighted by Crippen LogP contribution is -2.23. The van der Waals surface area contributed by atoms with Crippen LogP contribution in [0.3, 0.4) is 0 Å². The van der Waals surface area contributed by atoms with E-state index >= 15 is 0 Å². The topological polar surface area (TPSA) is 29.1 Å². The summed E-state index contributed by atoms with van der Waals surface area (Å²) >= 11 is 0. The fourth-order valence-electron chi connectivity index (χ4n) is 1.54. The molecule has 0 radical (unpaired) electrons. The number of allylic oxidation sites excluding steroid dienone is 3. The Bertz CT molecular complexity index is 296. The number of carbonyl (C=O) groups excluding carboxylic acids is 1. The lowest BCUT2D eigenvalue weighted by Gasteiger charge is -2.05. The minimum atomic E-state index is 0.164. The number of rotatable bonds is 8. The zero-order valence-corrected chi connectivity index (χ0v) is 12.7. The van der Waals surface area contributed by atoms with Crippen LogP contribution < -0.4 is 5.32 Å². The van der Waals surface area contributed by atoms with Crippen LogP contribution in [0.4, 0.5) is 0 Å². The molecule has 2 heteroatoms. The van der Waals surface area contributed by atoms with Gasteiger partial charge in [-0.3, -0.25) is 4.79 Å². The number of hydrogen-bond donors (Lipinski definition) is 1. The maximum Gasteiger partial charge on any atom is 0.220 e. The van der Waals surface area contributed by atoms with Gasteiger partial charge in [-0.05, 0) is 46.0 Å². The quantitative estimate of drug-likeness (QED) is 0.643. The van der Waals surface area contributed by atoms with Crippen molar-refractivity contribution in [1.82, 2.24) is 5.32 Å². The Labute approximate surface area is 113 Å². The molecule has 0 saturated heterocycles. The first-order valence-electron chi connectivity index (χ1n) is 6.97. The minimum absolute atomic E-state index is 0.164. The van der Waals surface area contributed by atoms with Crippen LogP contribution in [0.5, 0.6) is 0 Å². The Hall–Kier alpha value is -1.05. The van der Waals surface area contributed by atoms with Gasteiger partial charge in [0.1, 0.15) is 0 Å². The third-order valence-corrected chi connectivity index (χ3v) is 2.79. The SMILES string of the molecule is CC(C)=CCC/C(C)=C/CNC(=O)CCC(C)C. The van der Waals surface area contributed by atoms with Crippen molar-refractivity contribution in [3.05, 3.63) is 23.3 Å². The third kappa shape index (κ3) is 11.4. The van der Waals surface area contributed by atoms with Crippen molar-refractivity contribution in [2.45, 2.75) is 60.3 Å². The molecule has 0 atom stereocenters. The normalized spacial score (nSPS) is 11.6. The predicted molar refractivity (Wildman–Crippen MR) is 79.5 cm³/mol. The largest absolute Gasteiger partial charge is 0.353 e. The van der Waals surface area contributed by atoms with E-state index in [1.165, 1.54) is 11.1 Å². The van der Waals surface area contributed by atoms with Gasteiger partial charge in [0.05, 0.1) is 0 Å². The van der Waals surface area contributed by atoms with Crippen LogP contribution in [0.2, 0.25) is 0 Å². The van der Waals surface area contributed by atoms with E-state index in [-0.39, 0.29) is 5.91 Å². The number of amides is 1. The summed E-state index contributed by atoms with van der Waals surface area (Å²) < 4.78 is 0. The Morgan fingerprint density at radius 2 is 1.78 bits per heavy atom. The van der Waals surface area contributed by atoms with E-state index in [1.807, 2.05) is 0 Å². The smallest absolute Gasteiger partial charge is 0.220 e. The van der Waals surface area contributed by atoms with Crippen molar-refractivity contribution >= 4 is 5.91 Å². The summed E-state index contributed by atoms with van der Waals surface area (Å²) in [5.74, 6) is 0.758. The van der Waals surface area contributed by atoms with Gasteiger partial charge in [0.2, 0.25) is 5.91 Å². The third-order valence-electron chi connectivity index (χ3n) is 2.79. The van der Waals surface area contributed by atoms with Crippen LogP contribution in [0.1, 0.15) is 60.3 Å². The van der Waals surface area contributed by atoms with E-state index in [0.717, 1.165) is 19.3 Å². The first-order valence-corrected chi connectivity index (χ1v) is 6.97. The molecule has 0 aliphatic heterocycles. The minimum Gasteiger partial charge on any atom is -0.353 e. The predicted octanol–water partition coefficient (Wildman–Crippen LogP) is 4.23. The van der Waals surface area contributed by atoms with E-state index in [1.54, 1.807) is 0 Å². The standard InChI is InChI=1S/C16H29NO/c1-13(2)7-6-8-15(5)11-12-17-16(18)10-9-14(3)4/h7,11,14H,6,8-10,12H2,1-5H3,(H,17,18)/b15-11+. The highest BCUT2D eigenvalue weighted by Gasteiger charge is 2.01. The second-order valence-electron chi connectivity index (χ2n) is 5.61. The molecule has 2 nitrogen and oxygen atoms in total. The summed E-state index contributed by atoms with van der Waals surface area (Å²) in [5.41, 5.74) is 2.71. The summed E-state index contributed by atoms with van der Waals surface area (Å²) in [6.07, 6.45) is 8.14. The molecule has 1 N–H and O–H groups in total. The van der Waals surface area contributed by atoms with Crippen molar-refractivity contribution in [3.63, 3.8) is 0 Å². The highest BCUT2D eigenvalue weighted by atomic mass is 16.1. The van der Waals surface area contributed by atoms with Crippen LogP contribution in [0, 0.1) is 5.92 Å². The Morgan fingerprint density at radius 1 is 1.11 bits per heavy atom. The van der Waals surface area contributed by atoms with Gasteiger partial charge in [-0.25, -0.2) is 0 Å². The first-order chi connectivity index (χ1) is 8.41. The molecule has 1 amide bonds. The van der Waals surface area contributed by atoms with Gasteiger partial charge in [0, 0.05) is 13.0 Å². The molecular weight excluding hydrogens is 222 g/mol. The molecule has 0 fully saturated rings. The molecule has 104 valence electrons. The van der Waals surface area contributed by atoms with Gasteiger partial charge in [-0.2, -0.15) is 0 Å². The van der Waals surface area contributed by atoms with Gasteiger partial charge in [0.25, 0.3) is 0 Å². The Kier molecular flexibility index (Phi) is 9.35. The van der Waals surface area contributed by atoms with Gasteiger partial charge < -0.3 is 5.32 Å². The second kappa shape index (κ2) is 9.93. The molecule has 0 saturated carbocycles. The van der Waals surface area contributed by atoms with Crippen molar-refractivity contribution in [2.24, 2.45) is 5.92 Å². The van der Waals surface area contributed by atoms with Gasteiger partial charge in [0.15, 0.2) is 0 Å². The molecule has 0 aliphatic carbocycles. The van der Waals surface area contributed by atoms with E-state index in [0.29, 0.717) is 18.9 Å². The molecule has 0 aromatic heterocycles. The van der Waals surface area contributed by atoms with Crippen molar-refractivity contribution in [3.8, 4) is 0 Å². The molecule has 0 spiro atoms. The number of nitrogens with one attached hydrogen (secondary N) is 1. The van der Waals surface area contributed by atoms with E-state index in [4.69, 9.17) is 0 Å². The highest BCUT2D eigenvalue weighted by molar-refractivity contribution is 5.75. The van der Waals surface area contributed by atoms with Crippen LogP contribution in [0.25, 0.3) is 0 Å². The Balaban J connectivity index is 3.73. The summed E-state index contributed by atoms with van der Waals surface area (Å²) in [7, 11) is 0. The van der Waals surface area contributed by atoms with Crippen molar-refractivity contribution < 1.29 is 4.79 Å². The van der Waals surface area contributed by atoms with E-state index < -0.39 is 0 Å². The Morgan fingerprint density at radius 3 is 2.33 bits per heavy atom. The lowest BCUT2D eigenvalue weighted by atomic mass is 10.1. The fourth-order valence-corrected chi connectivity index (χ4v) is 1.54. The van der Waals surface area contributed by atoms with E-state index in [9.17, 15) is 4.79 Å². The molecule has 0 aliphatic rings. The molecule has 0 aromatic carbocycles. The maximum atomic E-state index is 11.5. The molecule has 0 aromatic rings. The molecule has 18 heavy (non-hydrogen) atoms. The average molecular weight is 251 g/mol. The van der Waals surface area contributed by atoms with Crippen molar-refractivity contribution in [1.29, 1.82) is 0 Å². The monoisotopic (exact) mass is 251 g/mol. The second-order valence-corrected chi connectivity index (χ2v) is 5.61. The van der Waals surface area contributed by atoms with Crippen LogP contribution in [0.15, 0.2) is 23.3 Å². The molecule has 0 unspecified atom stereocenters. The summed E-state index contributed by atoms with van der Waals surface area (Å²) in [6.45, 7) is 11.3. The summed E-state index contributed by atoms with van der Waals surface area (Å²) in [5, 5.41) is 2.94. The highest BCUT2D eigenvalue weighted by Crippen LogP contribution is 2.06. The molecule has 0 heterocycles. The van der Waals surface area contributed by atoms with Gasteiger partial charge in [-0.1, -0.05) is 37.1 Å². The zero-order valence-electron chi connectivity index (χ0n) is 12.7. The number of hydrogen-bond acceptors (Lipinski definition) is 1. The molecule has 0 rings (SSSR count). The van der Waals surface area contributed by atoms with E-state index in [2.05, 4.69) is 52.1 Å². The maximum absolute atomic E-state index is 11.5. The fraction of sp³-hybridized carbons (Fsp3) is 0.688. The van der Waals surface area contributed by atoms with Crippen LogP contribution in [-0.2, 0) is 4.79 Å². The molecular formula is C16H29NO. The number of carbonyl (C=O) groups is 1. The van der Waals surface area contributed by atoms with Gasteiger partial charge in [-0.15, -0.1) is 0 Å². The zero-order chi connectivity index (χ0) is 14.0. The summed E-state index contributed by atoms with van der Waals surface area (Å²) in [6, 6.07) is 0. The first kappa shape index (κ1) is 16.9. The lowest BCUT2D eigenvalue weighted by molar-refractivity contribution is -0.121. The molecule has 0 bridgehead atoms.